The molecule has 20 heavy (non-hydrogen) atoms. The van der Waals surface area contributed by atoms with Gasteiger partial charge in [-0.15, -0.1) is 0 Å². The Bertz CT molecular complexity index is 526. The summed E-state index contributed by atoms with van der Waals surface area (Å²) in [5, 5.41) is 17.0. The summed E-state index contributed by atoms with van der Waals surface area (Å²) in [5.41, 5.74) is 0.729. The molecule has 1 aliphatic rings. The molecule has 0 saturated heterocycles. The minimum Gasteiger partial charge on any atom is -0.377 e. The fourth-order valence-corrected chi connectivity index (χ4v) is 2.17. The SMILES string of the molecule is CCNC(=O)c1ccc(NC(C)C2CC2)c([N+](=O)[O-])c1. The zero-order valence-corrected chi connectivity index (χ0v) is 11.7. The first-order chi connectivity index (χ1) is 9.52. The van der Waals surface area contributed by atoms with Crippen LogP contribution in [-0.4, -0.2) is 23.4 Å². The van der Waals surface area contributed by atoms with Crippen molar-refractivity contribution in [1.29, 1.82) is 0 Å². The molecule has 2 N–H and O–H groups in total. The Morgan fingerprint density at radius 3 is 2.75 bits per heavy atom. The largest absolute Gasteiger partial charge is 0.377 e. The van der Waals surface area contributed by atoms with Crippen molar-refractivity contribution in [3.63, 3.8) is 0 Å². The zero-order chi connectivity index (χ0) is 14.7. The van der Waals surface area contributed by atoms with Crippen molar-refractivity contribution in [3.05, 3.63) is 33.9 Å². The van der Waals surface area contributed by atoms with E-state index in [1.807, 2.05) is 6.92 Å². The number of nitro groups is 1. The monoisotopic (exact) mass is 277 g/mol. The number of anilines is 1. The topological polar surface area (TPSA) is 84.3 Å². The standard InChI is InChI=1S/C14H19N3O3/c1-3-15-14(18)11-6-7-12(13(8-11)17(19)20)16-9(2)10-4-5-10/h6-10,16H,3-5H2,1-2H3,(H,15,18). The van der Waals surface area contributed by atoms with Gasteiger partial charge in [0.1, 0.15) is 5.69 Å². The van der Waals surface area contributed by atoms with Crippen molar-refractivity contribution in [3.8, 4) is 0 Å². The summed E-state index contributed by atoms with van der Waals surface area (Å²) in [4.78, 5) is 22.4. The van der Waals surface area contributed by atoms with Crippen LogP contribution in [0.3, 0.4) is 0 Å². The molecule has 1 saturated carbocycles. The van der Waals surface area contributed by atoms with Crippen LogP contribution < -0.4 is 10.6 Å². The molecule has 108 valence electrons. The fourth-order valence-electron chi connectivity index (χ4n) is 2.17. The van der Waals surface area contributed by atoms with E-state index in [-0.39, 0.29) is 17.6 Å². The van der Waals surface area contributed by atoms with Crippen LogP contribution in [-0.2, 0) is 0 Å². The van der Waals surface area contributed by atoms with E-state index in [1.54, 1.807) is 19.1 Å². The molecule has 6 nitrogen and oxygen atoms in total. The Morgan fingerprint density at radius 1 is 1.50 bits per heavy atom. The third-order valence-corrected chi connectivity index (χ3v) is 3.51. The van der Waals surface area contributed by atoms with Crippen LogP contribution in [0.2, 0.25) is 0 Å². The molecule has 1 unspecified atom stereocenters. The fraction of sp³-hybridized carbons (Fsp3) is 0.500. The highest BCUT2D eigenvalue weighted by molar-refractivity contribution is 5.95. The maximum Gasteiger partial charge on any atom is 0.293 e. The molecule has 0 bridgehead atoms. The van der Waals surface area contributed by atoms with E-state index in [9.17, 15) is 14.9 Å². The van der Waals surface area contributed by atoms with Gasteiger partial charge in [-0.1, -0.05) is 0 Å². The van der Waals surface area contributed by atoms with E-state index in [1.165, 1.54) is 18.9 Å². The average molecular weight is 277 g/mol. The Labute approximate surface area is 117 Å². The molecule has 0 aromatic heterocycles. The summed E-state index contributed by atoms with van der Waals surface area (Å²) in [6.07, 6.45) is 2.33. The highest BCUT2D eigenvalue weighted by Gasteiger charge is 2.29. The Kier molecular flexibility index (Phi) is 4.22. The smallest absolute Gasteiger partial charge is 0.293 e. The molecular formula is C14H19N3O3. The van der Waals surface area contributed by atoms with E-state index in [0.29, 0.717) is 23.7 Å². The van der Waals surface area contributed by atoms with Gasteiger partial charge in [0, 0.05) is 24.2 Å². The van der Waals surface area contributed by atoms with E-state index in [2.05, 4.69) is 10.6 Å². The number of benzene rings is 1. The molecule has 1 atom stereocenters. The normalized spacial score (nSPS) is 15.5. The van der Waals surface area contributed by atoms with Crippen molar-refractivity contribution in [2.45, 2.75) is 32.7 Å². The Hall–Kier alpha value is -2.11. The summed E-state index contributed by atoms with van der Waals surface area (Å²) < 4.78 is 0. The molecule has 0 radical (unpaired) electrons. The van der Waals surface area contributed by atoms with Crippen LogP contribution in [0.25, 0.3) is 0 Å². The lowest BCUT2D eigenvalue weighted by Crippen LogP contribution is -2.23. The van der Waals surface area contributed by atoms with Gasteiger partial charge in [-0.3, -0.25) is 14.9 Å². The summed E-state index contributed by atoms with van der Waals surface area (Å²) in [5.74, 6) is 0.301. The molecule has 1 aliphatic carbocycles. The van der Waals surface area contributed by atoms with Gasteiger partial charge < -0.3 is 10.6 Å². The number of hydrogen-bond acceptors (Lipinski definition) is 4. The molecule has 0 heterocycles. The maximum absolute atomic E-state index is 11.7. The maximum atomic E-state index is 11.7. The molecule has 1 amide bonds. The average Bonchev–Trinajstić information content (AvgIpc) is 3.23. The molecule has 6 heteroatoms. The molecule has 0 aliphatic heterocycles. The predicted octanol–water partition coefficient (Wildman–Crippen LogP) is 2.55. The second kappa shape index (κ2) is 5.90. The van der Waals surface area contributed by atoms with E-state index >= 15 is 0 Å². The minimum atomic E-state index is -0.454. The van der Waals surface area contributed by atoms with Crippen molar-refractivity contribution in [2.24, 2.45) is 5.92 Å². The lowest BCUT2D eigenvalue weighted by molar-refractivity contribution is -0.384. The second-order valence-corrected chi connectivity index (χ2v) is 5.12. The van der Waals surface area contributed by atoms with Crippen LogP contribution in [0.1, 0.15) is 37.0 Å². The molecular weight excluding hydrogens is 258 g/mol. The van der Waals surface area contributed by atoms with Gasteiger partial charge in [-0.05, 0) is 44.7 Å². The molecule has 1 fully saturated rings. The third kappa shape index (κ3) is 3.26. The summed E-state index contributed by atoms with van der Waals surface area (Å²) in [7, 11) is 0. The van der Waals surface area contributed by atoms with Crippen LogP contribution in [0.5, 0.6) is 0 Å². The van der Waals surface area contributed by atoms with E-state index in [4.69, 9.17) is 0 Å². The van der Waals surface area contributed by atoms with Crippen molar-refractivity contribution < 1.29 is 9.72 Å². The number of carbonyl (C=O) groups excluding carboxylic acids is 1. The van der Waals surface area contributed by atoms with Crippen LogP contribution >= 0.6 is 0 Å². The minimum absolute atomic E-state index is 0.0544. The molecule has 1 aromatic rings. The zero-order valence-electron chi connectivity index (χ0n) is 11.7. The molecule has 1 aromatic carbocycles. The van der Waals surface area contributed by atoms with Gasteiger partial charge in [0.15, 0.2) is 0 Å². The van der Waals surface area contributed by atoms with E-state index in [0.717, 1.165) is 0 Å². The second-order valence-electron chi connectivity index (χ2n) is 5.12. The van der Waals surface area contributed by atoms with Gasteiger partial charge in [0.25, 0.3) is 11.6 Å². The summed E-state index contributed by atoms with van der Waals surface area (Å²) in [6.45, 7) is 4.32. The van der Waals surface area contributed by atoms with E-state index < -0.39 is 4.92 Å². The lowest BCUT2D eigenvalue weighted by atomic mass is 10.1. The van der Waals surface area contributed by atoms with Gasteiger partial charge in [0.05, 0.1) is 4.92 Å². The Balaban J connectivity index is 2.23. The molecule has 2 rings (SSSR count). The lowest BCUT2D eigenvalue weighted by Gasteiger charge is -2.14. The first-order valence-corrected chi connectivity index (χ1v) is 6.86. The van der Waals surface area contributed by atoms with Gasteiger partial charge in [-0.2, -0.15) is 0 Å². The Morgan fingerprint density at radius 2 is 2.20 bits per heavy atom. The van der Waals surface area contributed by atoms with Crippen molar-refractivity contribution in [2.75, 3.05) is 11.9 Å². The number of nitrogens with one attached hydrogen (secondary N) is 2. The predicted molar refractivity (Wildman–Crippen MR) is 76.9 cm³/mol. The summed E-state index contributed by atoms with van der Waals surface area (Å²) in [6, 6.07) is 4.76. The molecule has 0 spiro atoms. The van der Waals surface area contributed by atoms with Gasteiger partial charge in [-0.25, -0.2) is 0 Å². The van der Waals surface area contributed by atoms with Crippen LogP contribution in [0.4, 0.5) is 11.4 Å². The highest BCUT2D eigenvalue weighted by atomic mass is 16.6. The number of amides is 1. The quantitative estimate of drug-likeness (QED) is 0.618. The van der Waals surface area contributed by atoms with Crippen LogP contribution in [0.15, 0.2) is 18.2 Å². The number of nitrogens with zero attached hydrogens (tertiary/aromatic N) is 1. The highest BCUT2D eigenvalue weighted by Crippen LogP contribution is 2.35. The number of rotatable bonds is 6. The first kappa shape index (κ1) is 14.3. The van der Waals surface area contributed by atoms with Crippen molar-refractivity contribution in [1.82, 2.24) is 5.32 Å². The first-order valence-electron chi connectivity index (χ1n) is 6.86. The number of hydrogen-bond donors (Lipinski definition) is 2. The van der Waals surface area contributed by atoms with Crippen LogP contribution in [0, 0.1) is 16.0 Å². The third-order valence-electron chi connectivity index (χ3n) is 3.51. The number of carbonyl (C=O) groups is 1. The number of nitro benzene ring substituents is 1. The van der Waals surface area contributed by atoms with Gasteiger partial charge in [0.2, 0.25) is 0 Å². The van der Waals surface area contributed by atoms with Gasteiger partial charge >= 0.3 is 0 Å². The van der Waals surface area contributed by atoms with Crippen molar-refractivity contribution >= 4 is 17.3 Å². The summed E-state index contributed by atoms with van der Waals surface area (Å²) >= 11 is 0.